The summed E-state index contributed by atoms with van der Waals surface area (Å²) in [5, 5.41) is 0. The Morgan fingerprint density at radius 3 is 2.68 bits per heavy atom. The van der Waals surface area contributed by atoms with Gasteiger partial charge in [-0.15, -0.1) is 0 Å². The van der Waals surface area contributed by atoms with Crippen LogP contribution in [0.5, 0.6) is 0 Å². The molecule has 3 aliphatic carbocycles. The molecular formula is C20H26O2. The zero-order chi connectivity index (χ0) is 16.1. The molecule has 3 rings (SSSR count). The lowest BCUT2D eigenvalue weighted by Crippen LogP contribution is -2.39. The molecule has 0 spiro atoms. The second-order valence-corrected chi connectivity index (χ2v) is 7.66. The van der Waals surface area contributed by atoms with Crippen LogP contribution in [0.4, 0.5) is 0 Å². The van der Waals surface area contributed by atoms with Gasteiger partial charge in [0.25, 0.3) is 0 Å². The molecule has 118 valence electrons. The third-order valence-electron chi connectivity index (χ3n) is 6.28. The zero-order valence-electron chi connectivity index (χ0n) is 14.0. The van der Waals surface area contributed by atoms with Gasteiger partial charge in [0.05, 0.1) is 5.41 Å². The number of carbonyl (C=O) groups is 2. The summed E-state index contributed by atoms with van der Waals surface area (Å²) in [4.78, 5) is 24.3. The van der Waals surface area contributed by atoms with Gasteiger partial charge in [-0.05, 0) is 44.9 Å². The topological polar surface area (TPSA) is 34.1 Å². The monoisotopic (exact) mass is 298 g/mol. The van der Waals surface area contributed by atoms with E-state index in [1.54, 1.807) is 0 Å². The lowest BCUT2D eigenvalue weighted by atomic mass is 9.65. The van der Waals surface area contributed by atoms with Gasteiger partial charge in [-0.1, -0.05) is 42.4 Å². The van der Waals surface area contributed by atoms with E-state index in [1.165, 1.54) is 11.1 Å². The minimum atomic E-state index is -0.381. The maximum absolute atomic E-state index is 12.3. The van der Waals surface area contributed by atoms with E-state index in [1.807, 2.05) is 0 Å². The second-order valence-electron chi connectivity index (χ2n) is 7.66. The predicted molar refractivity (Wildman–Crippen MR) is 88.2 cm³/mol. The molecule has 0 aromatic heterocycles. The Morgan fingerprint density at radius 1 is 1.32 bits per heavy atom. The molecule has 2 bridgehead atoms. The Balaban J connectivity index is 1.90. The highest BCUT2D eigenvalue weighted by atomic mass is 16.1. The van der Waals surface area contributed by atoms with Crippen molar-refractivity contribution < 1.29 is 9.59 Å². The normalized spacial score (nSPS) is 42.6. The van der Waals surface area contributed by atoms with Gasteiger partial charge in [-0.3, -0.25) is 4.79 Å². The van der Waals surface area contributed by atoms with Crippen LogP contribution in [-0.2, 0) is 9.59 Å². The van der Waals surface area contributed by atoms with Gasteiger partial charge >= 0.3 is 0 Å². The van der Waals surface area contributed by atoms with Crippen molar-refractivity contribution in [3.05, 3.63) is 35.5 Å². The molecule has 0 aromatic carbocycles. The standard InChI is InChI=1S/C20H26O2/c1-12(2)6-5-7-13(3)15-8-9-20(11-21)16-10-17(22)18(14(16)4)19(15)20/h6-9,11,14-16,18-19H,5,10H2,1-4H3/b13-7-/t14?,15-,16-,18-,19?,20?/m0/s1. The average molecular weight is 298 g/mol. The molecule has 22 heavy (non-hydrogen) atoms. The molecule has 0 N–H and O–H groups in total. The fourth-order valence-electron chi connectivity index (χ4n) is 5.22. The summed E-state index contributed by atoms with van der Waals surface area (Å²) in [6.07, 6.45) is 11.5. The number of hydrogen-bond donors (Lipinski definition) is 0. The fraction of sp³-hybridized carbons (Fsp3) is 0.600. The van der Waals surface area contributed by atoms with Gasteiger partial charge in [0.15, 0.2) is 0 Å². The highest BCUT2D eigenvalue weighted by Crippen LogP contribution is 2.66. The first-order valence-corrected chi connectivity index (χ1v) is 8.40. The molecule has 0 heterocycles. The number of ketones is 1. The minimum absolute atomic E-state index is 0.0713. The van der Waals surface area contributed by atoms with Crippen LogP contribution in [0.15, 0.2) is 35.5 Å². The number of allylic oxidation sites excluding steroid dienone is 6. The molecule has 6 atom stereocenters. The van der Waals surface area contributed by atoms with E-state index in [4.69, 9.17) is 0 Å². The summed E-state index contributed by atoms with van der Waals surface area (Å²) in [5.74, 6) is 1.43. The van der Waals surface area contributed by atoms with Gasteiger partial charge < -0.3 is 4.79 Å². The van der Waals surface area contributed by atoms with Crippen molar-refractivity contribution in [1.82, 2.24) is 0 Å². The number of Topliss-reactive ketones (excluding diaryl/α,β-unsaturated/α-hetero) is 1. The Bertz CT molecular complexity index is 591. The van der Waals surface area contributed by atoms with E-state index in [9.17, 15) is 9.59 Å². The first kappa shape index (κ1) is 15.5. The van der Waals surface area contributed by atoms with Crippen molar-refractivity contribution in [2.45, 2.75) is 40.5 Å². The molecule has 0 amide bonds. The molecule has 2 heteroatoms. The van der Waals surface area contributed by atoms with E-state index < -0.39 is 0 Å². The quantitative estimate of drug-likeness (QED) is 0.577. The summed E-state index contributed by atoms with van der Waals surface area (Å²) in [5.41, 5.74) is 2.24. The summed E-state index contributed by atoms with van der Waals surface area (Å²) >= 11 is 0. The lowest BCUT2D eigenvalue weighted by molar-refractivity contribution is -0.129. The first-order chi connectivity index (χ1) is 10.4. The summed E-state index contributed by atoms with van der Waals surface area (Å²) < 4.78 is 0. The highest BCUT2D eigenvalue weighted by molar-refractivity contribution is 5.89. The maximum atomic E-state index is 12.3. The van der Waals surface area contributed by atoms with Crippen LogP contribution in [0.25, 0.3) is 0 Å². The maximum Gasteiger partial charge on any atom is 0.136 e. The number of carbonyl (C=O) groups excluding carboxylic acids is 2. The van der Waals surface area contributed by atoms with Crippen LogP contribution >= 0.6 is 0 Å². The van der Waals surface area contributed by atoms with Gasteiger partial charge in [-0.25, -0.2) is 0 Å². The van der Waals surface area contributed by atoms with E-state index >= 15 is 0 Å². The molecule has 3 aliphatic rings. The largest absolute Gasteiger partial charge is 0.302 e. The van der Waals surface area contributed by atoms with Gasteiger partial charge in [0, 0.05) is 18.3 Å². The Hall–Kier alpha value is -1.44. The third-order valence-corrected chi connectivity index (χ3v) is 6.28. The van der Waals surface area contributed by atoms with E-state index in [0.29, 0.717) is 18.1 Å². The van der Waals surface area contributed by atoms with Crippen molar-refractivity contribution in [1.29, 1.82) is 0 Å². The zero-order valence-corrected chi connectivity index (χ0v) is 14.0. The average Bonchev–Trinajstić information content (AvgIpc) is 3.04. The van der Waals surface area contributed by atoms with Crippen molar-refractivity contribution in [2.24, 2.45) is 35.0 Å². The van der Waals surface area contributed by atoms with Crippen LogP contribution < -0.4 is 0 Å². The Kier molecular flexibility index (Phi) is 3.74. The molecule has 2 nitrogen and oxygen atoms in total. The summed E-state index contributed by atoms with van der Waals surface area (Å²) in [6.45, 7) is 8.52. The van der Waals surface area contributed by atoms with E-state index in [0.717, 1.165) is 12.7 Å². The summed E-state index contributed by atoms with van der Waals surface area (Å²) in [7, 11) is 0. The van der Waals surface area contributed by atoms with Crippen LogP contribution in [0, 0.1) is 35.0 Å². The molecule has 2 saturated carbocycles. The minimum Gasteiger partial charge on any atom is -0.302 e. The number of aldehydes is 1. The number of fused-ring (bicyclic) bond motifs is 5. The molecule has 2 fully saturated rings. The Morgan fingerprint density at radius 2 is 2.05 bits per heavy atom. The Labute approximate surface area is 133 Å². The third kappa shape index (κ3) is 2.00. The first-order valence-electron chi connectivity index (χ1n) is 8.40. The van der Waals surface area contributed by atoms with Crippen molar-refractivity contribution in [3.8, 4) is 0 Å². The smallest absolute Gasteiger partial charge is 0.136 e. The van der Waals surface area contributed by atoms with Crippen LogP contribution in [-0.4, -0.2) is 12.1 Å². The second kappa shape index (κ2) is 5.33. The molecule has 0 aromatic rings. The number of rotatable bonds is 4. The lowest BCUT2D eigenvalue weighted by Gasteiger charge is -2.36. The molecule has 0 saturated heterocycles. The number of hydrogen-bond acceptors (Lipinski definition) is 2. The van der Waals surface area contributed by atoms with Gasteiger partial charge in [0.1, 0.15) is 12.1 Å². The molecule has 0 radical (unpaired) electrons. The van der Waals surface area contributed by atoms with Crippen molar-refractivity contribution >= 4 is 12.1 Å². The fourth-order valence-corrected chi connectivity index (χ4v) is 5.22. The van der Waals surface area contributed by atoms with Crippen molar-refractivity contribution in [3.63, 3.8) is 0 Å². The van der Waals surface area contributed by atoms with Gasteiger partial charge in [0.2, 0.25) is 0 Å². The predicted octanol–water partition coefficient (Wildman–Crippen LogP) is 4.13. The van der Waals surface area contributed by atoms with E-state index in [-0.39, 0.29) is 29.1 Å². The molecule has 0 aliphatic heterocycles. The van der Waals surface area contributed by atoms with E-state index in [2.05, 4.69) is 52.0 Å². The van der Waals surface area contributed by atoms with Gasteiger partial charge in [-0.2, -0.15) is 0 Å². The van der Waals surface area contributed by atoms with Crippen LogP contribution in [0.3, 0.4) is 0 Å². The highest BCUT2D eigenvalue weighted by Gasteiger charge is 2.67. The molecule has 3 unspecified atom stereocenters. The van der Waals surface area contributed by atoms with Crippen LogP contribution in [0.1, 0.15) is 40.5 Å². The van der Waals surface area contributed by atoms with Crippen molar-refractivity contribution in [2.75, 3.05) is 0 Å². The summed E-state index contributed by atoms with van der Waals surface area (Å²) in [6, 6.07) is 0. The SMILES string of the molecule is CC(C)=CC/C=C(/C)[C@@H]1C=CC2(C=O)C1[C@@H]1C(=O)C[C@H]2C1C. The van der Waals surface area contributed by atoms with Crippen LogP contribution in [0.2, 0.25) is 0 Å². The molecular weight excluding hydrogens is 272 g/mol.